The minimum atomic E-state index is -1.06. The van der Waals surface area contributed by atoms with Crippen LogP contribution in [0, 0.1) is 35.3 Å². The Kier molecular flexibility index (Phi) is 6.11. The van der Waals surface area contributed by atoms with Gasteiger partial charge in [0.2, 0.25) is 0 Å². The number of carbonyl (C=O) groups is 1. The van der Waals surface area contributed by atoms with Gasteiger partial charge in [-0.2, -0.15) is 0 Å². The average molecular weight is 524 g/mol. The molecule has 2 aromatic rings. The van der Waals surface area contributed by atoms with Crippen molar-refractivity contribution in [3.8, 4) is 11.3 Å². The van der Waals surface area contributed by atoms with Gasteiger partial charge in [-0.3, -0.25) is 4.79 Å². The Balaban J connectivity index is 0.997. The molecule has 8 rings (SSSR count). The van der Waals surface area contributed by atoms with Crippen molar-refractivity contribution >= 4 is 11.7 Å². The molecular weight excluding hydrogens is 488 g/mol. The van der Waals surface area contributed by atoms with E-state index in [2.05, 4.69) is 26.1 Å². The summed E-state index contributed by atoms with van der Waals surface area (Å²) in [5.41, 5.74) is 0.119. The molecule has 2 bridgehead atoms. The highest BCUT2D eigenvalue weighted by molar-refractivity contribution is 5.96. The number of nitrogens with zero attached hydrogens (tertiary/aromatic N) is 2. The Hall–Kier alpha value is -2.65. The SMILES string of the molecule is O=C(NC12CC(C1)C2)c1cc(F)c(F)c(-c2ccc(N[C@H]3C[C@@H]4CN[C@@H](CC5CCOCC5)[C@H]4C3)nn2)c1. The lowest BCUT2D eigenvalue weighted by molar-refractivity contribution is -0.0438. The summed E-state index contributed by atoms with van der Waals surface area (Å²) in [6, 6.07) is 6.63. The van der Waals surface area contributed by atoms with E-state index in [1.807, 2.05) is 0 Å². The topological polar surface area (TPSA) is 88.2 Å². The maximum atomic E-state index is 14.7. The standard InChI is InChI=1S/C29H35F2N5O2/c30-23-10-18(28(37)34-29-12-17(13-29)14-29)9-22(27(23)31)24-1-2-26(36-35-24)33-20-8-19-15-32-25(21(19)11-20)7-16-3-5-38-6-4-16/h1-2,9-10,16-17,19-21,25,32H,3-8,11-15H2,(H,33,36)(H,34,37)/t17?,19-,20+,21+,25+,29?/m1/s1. The monoisotopic (exact) mass is 523 g/mol. The minimum absolute atomic E-state index is 0.0516. The van der Waals surface area contributed by atoms with Crippen LogP contribution in [0.3, 0.4) is 0 Å². The van der Waals surface area contributed by atoms with Gasteiger partial charge in [0.05, 0.1) is 5.69 Å². The van der Waals surface area contributed by atoms with E-state index in [0.717, 1.165) is 63.8 Å². The van der Waals surface area contributed by atoms with Gasteiger partial charge in [-0.1, -0.05) is 0 Å². The van der Waals surface area contributed by atoms with Crippen LogP contribution in [0.25, 0.3) is 11.3 Å². The quantitative estimate of drug-likeness (QED) is 0.502. The molecule has 0 unspecified atom stereocenters. The Labute approximate surface area is 221 Å². The molecule has 4 aliphatic carbocycles. The van der Waals surface area contributed by atoms with Crippen LogP contribution in [0.2, 0.25) is 0 Å². The van der Waals surface area contributed by atoms with Gasteiger partial charge in [-0.05, 0) is 106 Å². The molecule has 9 heteroatoms. The molecule has 4 saturated carbocycles. The number of ether oxygens (including phenoxy) is 1. The van der Waals surface area contributed by atoms with Crippen molar-refractivity contribution < 1.29 is 18.3 Å². The molecule has 7 nitrogen and oxygen atoms in total. The number of nitrogens with one attached hydrogen (secondary N) is 3. The van der Waals surface area contributed by atoms with E-state index < -0.39 is 11.6 Å². The van der Waals surface area contributed by atoms with E-state index in [4.69, 9.17) is 4.74 Å². The minimum Gasteiger partial charge on any atom is -0.381 e. The Morgan fingerprint density at radius 1 is 1.11 bits per heavy atom. The molecule has 4 atom stereocenters. The molecule has 0 radical (unpaired) electrons. The van der Waals surface area contributed by atoms with Crippen LogP contribution in [0.5, 0.6) is 0 Å². The van der Waals surface area contributed by atoms with Gasteiger partial charge in [-0.25, -0.2) is 8.78 Å². The summed E-state index contributed by atoms with van der Waals surface area (Å²) in [5, 5.41) is 18.8. The van der Waals surface area contributed by atoms with Gasteiger partial charge in [0, 0.05) is 42.0 Å². The van der Waals surface area contributed by atoms with Crippen molar-refractivity contribution in [2.24, 2.45) is 23.7 Å². The highest BCUT2D eigenvalue weighted by Crippen LogP contribution is 2.57. The number of halogens is 2. The molecule has 6 fully saturated rings. The number of rotatable bonds is 7. The van der Waals surface area contributed by atoms with Crippen LogP contribution in [-0.4, -0.2) is 53.5 Å². The number of hydrogen-bond acceptors (Lipinski definition) is 6. The van der Waals surface area contributed by atoms with Crippen LogP contribution in [0.1, 0.15) is 61.7 Å². The summed E-state index contributed by atoms with van der Waals surface area (Å²) < 4.78 is 34.7. The van der Waals surface area contributed by atoms with Crippen molar-refractivity contribution in [2.45, 2.75) is 69.0 Å². The lowest BCUT2D eigenvalue weighted by Gasteiger charge is -2.61. The largest absolute Gasteiger partial charge is 0.381 e. The maximum Gasteiger partial charge on any atom is 0.251 e. The van der Waals surface area contributed by atoms with Gasteiger partial charge >= 0.3 is 0 Å². The highest BCUT2D eigenvalue weighted by atomic mass is 19.2. The maximum absolute atomic E-state index is 14.7. The van der Waals surface area contributed by atoms with Crippen molar-refractivity contribution in [3.63, 3.8) is 0 Å². The van der Waals surface area contributed by atoms with E-state index in [0.29, 0.717) is 35.7 Å². The van der Waals surface area contributed by atoms with Crippen LogP contribution in [-0.2, 0) is 4.74 Å². The number of anilines is 1. The van der Waals surface area contributed by atoms with Crippen LogP contribution >= 0.6 is 0 Å². The summed E-state index contributed by atoms with van der Waals surface area (Å²) in [6.45, 7) is 2.84. The van der Waals surface area contributed by atoms with Gasteiger partial charge in [0.1, 0.15) is 5.82 Å². The smallest absolute Gasteiger partial charge is 0.251 e. The predicted molar refractivity (Wildman–Crippen MR) is 138 cm³/mol. The van der Waals surface area contributed by atoms with Gasteiger partial charge in [0.25, 0.3) is 5.91 Å². The first-order valence-corrected chi connectivity index (χ1v) is 14.2. The molecular formula is C29H35F2N5O2. The lowest BCUT2D eigenvalue weighted by atomic mass is 9.50. The molecule has 38 heavy (non-hydrogen) atoms. The predicted octanol–water partition coefficient (Wildman–Crippen LogP) is 4.30. The van der Waals surface area contributed by atoms with Crippen molar-refractivity contribution in [1.29, 1.82) is 0 Å². The first kappa shape index (κ1) is 24.4. The molecule has 202 valence electrons. The number of carbonyl (C=O) groups excluding carboxylic acids is 1. The van der Waals surface area contributed by atoms with Gasteiger partial charge < -0.3 is 20.7 Å². The summed E-state index contributed by atoms with van der Waals surface area (Å²) in [7, 11) is 0. The van der Waals surface area contributed by atoms with Crippen LogP contribution in [0.4, 0.5) is 14.6 Å². The van der Waals surface area contributed by atoms with E-state index in [1.165, 1.54) is 25.3 Å². The number of benzene rings is 1. The molecule has 2 aliphatic heterocycles. The molecule has 1 aromatic heterocycles. The van der Waals surface area contributed by atoms with Gasteiger partial charge in [0.15, 0.2) is 11.6 Å². The fourth-order valence-electron chi connectivity index (χ4n) is 7.67. The zero-order valence-corrected chi connectivity index (χ0v) is 21.5. The molecule has 0 spiro atoms. The third-order valence-corrected chi connectivity index (χ3v) is 9.84. The Bertz CT molecular complexity index is 1200. The fourth-order valence-corrected chi connectivity index (χ4v) is 7.67. The second kappa shape index (κ2) is 9.52. The number of amides is 1. The molecule has 1 amide bonds. The van der Waals surface area contributed by atoms with E-state index >= 15 is 0 Å². The van der Waals surface area contributed by atoms with Crippen molar-refractivity contribution in [2.75, 3.05) is 25.1 Å². The van der Waals surface area contributed by atoms with Crippen molar-refractivity contribution in [3.05, 3.63) is 41.5 Å². The zero-order valence-electron chi connectivity index (χ0n) is 21.5. The molecule has 3 heterocycles. The lowest BCUT2D eigenvalue weighted by Crippen LogP contribution is -2.68. The highest BCUT2D eigenvalue weighted by Gasteiger charge is 2.57. The van der Waals surface area contributed by atoms with E-state index in [9.17, 15) is 13.6 Å². The van der Waals surface area contributed by atoms with Gasteiger partial charge in [-0.15, -0.1) is 10.2 Å². The number of fused-ring (bicyclic) bond motifs is 1. The molecule has 3 N–H and O–H groups in total. The van der Waals surface area contributed by atoms with Crippen molar-refractivity contribution in [1.82, 2.24) is 20.8 Å². The second-order valence-corrected chi connectivity index (χ2v) is 12.4. The van der Waals surface area contributed by atoms with Crippen LogP contribution in [0.15, 0.2) is 24.3 Å². The van der Waals surface area contributed by atoms with E-state index in [1.54, 1.807) is 12.1 Å². The number of aromatic nitrogens is 2. The average Bonchev–Trinajstić information content (AvgIpc) is 3.44. The van der Waals surface area contributed by atoms with E-state index in [-0.39, 0.29) is 28.3 Å². The first-order chi connectivity index (χ1) is 18.4. The summed E-state index contributed by atoms with van der Waals surface area (Å²) in [4.78, 5) is 12.7. The summed E-state index contributed by atoms with van der Waals surface area (Å²) in [5.74, 6) is 0.974. The first-order valence-electron chi connectivity index (χ1n) is 14.2. The van der Waals surface area contributed by atoms with Crippen LogP contribution < -0.4 is 16.0 Å². The Morgan fingerprint density at radius 3 is 2.63 bits per heavy atom. The molecule has 2 saturated heterocycles. The zero-order chi connectivity index (χ0) is 25.9. The number of hydrogen-bond donors (Lipinski definition) is 3. The normalized spacial score (nSPS) is 33.8. The molecule has 1 aromatic carbocycles. The Morgan fingerprint density at radius 2 is 1.92 bits per heavy atom. The summed E-state index contributed by atoms with van der Waals surface area (Å²) in [6.07, 6.45) is 8.67. The third-order valence-electron chi connectivity index (χ3n) is 9.84. The second-order valence-electron chi connectivity index (χ2n) is 12.4. The fraction of sp³-hybridized carbons (Fsp3) is 0.621. The third kappa shape index (κ3) is 4.47. The molecule has 6 aliphatic rings. The summed E-state index contributed by atoms with van der Waals surface area (Å²) >= 11 is 0.